The van der Waals surface area contributed by atoms with Crippen molar-refractivity contribution in [3.05, 3.63) is 6.92 Å². The zero-order chi connectivity index (χ0) is 16.7. The summed E-state index contributed by atoms with van der Waals surface area (Å²) >= 11 is 0. The first kappa shape index (κ1) is 28.3. The number of rotatable bonds is 11. The van der Waals surface area contributed by atoms with Crippen LogP contribution in [0.1, 0.15) is 79.1 Å². The van der Waals surface area contributed by atoms with E-state index in [1.807, 2.05) is 6.92 Å². The minimum Gasteiger partial charge on any atom is -0.790 e. The molecule has 0 rings (SSSR count). The second-order valence-corrected chi connectivity index (χ2v) is 6.73. The van der Waals surface area contributed by atoms with Crippen LogP contribution in [-0.4, -0.2) is 6.61 Å². The van der Waals surface area contributed by atoms with Crippen LogP contribution in [0.4, 0.5) is 0 Å². The van der Waals surface area contributed by atoms with Crippen molar-refractivity contribution in [3.63, 3.8) is 0 Å². The van der Waals surface area contributed by atoms with E-state index in [2.05, 4.69) is 32.2 Å². The Kier molecular flexibility index (Phi) is 24.2. The van der Waals surface area contributed by atoms with Gasteiger partial charge in [-0.15, -0.1) is 0 Å². The quantitative estimate of drug-likeness (QED) is 0.340. The smallest absolute Gasteiger partial charge is 0.790 e. The minimum atomic E-state index is -4.76. The third-order valence-corrected chi connectivity index (χ3v) is 4.02. The van der Waals surface area contributed by atoms with Gasteiger partial charge in [0.1, 0.15) is 0 Å². The molecule has 0 N–H and O–H groups in total. The second-order valence-electron chi connectivity index (χ2n) is 5.58. The molecule has 2 unspecified atom stereocenters. The maximum atomic E-state index is 10.2. The van der Waals surface area contributed by atoms with E-state index in [1.165, 1.54) is 25.7 Å². The molecule has 0 aromatic rings. The maximum absolute atomic E-state index is 10.2. The number of phosphoric ester groups is 1. The molecule has 0 aliphatic carbocycles. The summed E-state index contributed by atoms with van der Waals surface area (Å²) in [6, 6.07) is 0. The van der Waals surface area contributed by atoms with Crippen LogP contribution in [0.25, 0.3) is 0 Å². The van der Waals surface area contributed by atoms with Crippen LogP contribution in [0.15, 0.2) is 0 Å². The Balaban J connectivity index is -0.000000348. The van der Waals surface area contributed by atoms with Crippen molar-refractivity contribution in [2.45, 2.75) is 79.1 Å². The van der Waals surface area contributed by atoms with Gasteiger partial charge in [-0.05, 0) is 12.3 Å². The molecule has 22 heavy (non-hydrogen) atoms. The molecule has 131 valence electrons. The largest absolute Gasteiger partial charge is 3.00 e. The first-order chi connectivity index (χ1) is 9.80. The van der Waals surface area contributed by atoms with Gasteiger partial charge in [-0.2, -0.15) is 5.92 Å². The van der Waals surface area contributed by atoms with Gasteiger partial charge in [0, 0.05) is 0 Å². The summed E-state index contributed by atoms with van der Waals surface area (Å²) in [5.41, 5.74) is 0. The van der Waals surface area contributed by atoms with E-state index >= 15 is 0 Å². The Labute approximate surface area is 171 Å². The predicted octanol–water partition coefficient (Wildman–Crippen LogP) is 4.08. The summed E-state index contributed by atoms with van der Waals surface area (Å²) in [5.74, 6) is 0.895. The van der Waals surface area contributed by atoms with Crippen LogP contribution in [0.3, 0.4) is 0 Å². The molecular formula is C16H34NdO4P. The monoisotopic (exact) mass is 463 g/mol. The van der Waals surface area contributed by atoms with E-state index in [-0.39, 0.29) is 53.4 Å². The van der Waals surface area contributed by atoms with Crippen LogP contribution < -0.4 is 9.79 Å². The maximum Gasteiger partial charge on any atom is 3.00 e. The Morgan fingerprint density at radius 3 is 1.86 bits per heavy atom. The number of hydrogen-bond donors (Lipinski definition) is 0. The molecule has 0 saturated heterocycles. The normalized spacial score (nSPS) is 13.6. The fourth-order valence-electron chi connectivity index (χ4n) is 1.79. The molecule has 0 aromatic carbocycles. The molecule has 0 aliphatic heterocycles. The summed E-state index contributed by atoms with van der Waals surface area (Å²) in [7, 11) is -4.76. The fraction of sp³-hybridized carbons (Fsp3) is 0.938. The van der Waals surface area contributed by atoms with Crippen molar-refractivity contribution < 1.29 is 59.7 Å². The van der Waals surface area contributed by atoms with Crippen molar-refractivity contribution in [1.82, 2.24) is 0 Å². The van der Waals surface area contributed by atoms with Crippen LogP contribution in [0, 0.1) is 59.6 Å². The van der Waals surface area contributed by atoms with Gasteiger partial charge in [0.25, 0.3) is 0 Å². The van der Waals surface area contributed by atoms with Crippen molar-refractivity contribution in [3.8, 4) is 0 Å². The minimum absolute atomic E-state index is 0. The van der Waals surface area contributed by atoms with Gasteiger partial charge in [0.2, 0.25) is 0 Å². The molecule has 0 spiro atoms. The summed E-state index contributed by atoms with van der Waals surface area (Å²) in [5, 5.41) is 0. The molecular weight excluding hydrogens is 431 g/mol. The van der Waals surface area contributed by atoms with Gasteiger partial charge >= 0.3 is 40.8 Å². The zero-order valence-electron chi connectivity index (χ0n) is 14.8. The zero-order valence-corrected chi connectivity index (χ0v) is 18.9. The Morgan fingerprint density at radius 2 is 1.50 bits per heavy atom. The summed E-state index contributed by atoms with van der Waals surface area (Å²) in [6.07, 6.45) is 9.10. The number of phosphoric acid groups is 1. The van der Waals surface area contributed by atoms with Crippen molar-refractivity contribution >= 4 is 7.82 Å². The predicted molar refractivity (Wildman–Crippen MR) is 85.5 cm³/mol. The molecule has 2 atom stereocenters. The second kappa shape index (κ2) is 18.8. The van der Waals surface area contributed by atoms with Gasteiger partial charge in [0.15, 0.2) is 0 Å². The molecule has 0 saturated carbocycles. The molecule has 4 nitrogen and oxygen atoms in total. The van der Waals surface area contributed by atoms with E-state index < -0.39 is 7.82 Å². The van der Waals surface area contributed by atoms with Crippen LogP contribution >= 0.6 is 7.82 Å². The van der Waals surface area contributed by atoms with Crippen LogP contribution in [-0.2, 0) is 9.09 Å². The SMILES string of the molecule is CCCCC(CC)COP(=O)([O-])[O-].[CH2-]C(CC)CCCC.[Nd+3]. The number of unbranched alkanes of at least 4 members (excludes halogenated alkanes) is 2. The van der Waals surface area contributed by atoms with Crippen molar-refractivity contribution in [2.24, 2.45) is 11.8 Å². The van der Waals surface area contributed by atoms with Crippen molar-refractivity contribution in [1.29, 1.82) is 0 Å². The van der Waals surface area contributed by atoms with E-state index in [9.17, 15) is 14.4 Å². The van der Waals surface area contributed by atoms with E-state index in [1.54, 1.807) is 0 Å². The van der Waals surface area contributed by atoms with Crippen molar-refractivity contribution in [2.75, 3.05) is 6.61 Å². The van der Waals surface area contributed by atoms with Crippen LogP contribution in [0.5, 0.6) is 0 Å². The first-order valence-corrected chi connectivity index (χ1v) is 9.76. The first-order valence-electron chi connectivity index (χ1n) is 8.30. The summed E-state index contributed by atoms with van der Waals surface area (Å²) < 4.78 is 14.4. The molecule has 6 heteroatoms. The van der Waals surface area contributed by atoms with E-state index in [0.717, 1.165) is 25.7 Å². The molecule has 0 fully saturated rings. The Hall–Kier alpha value is 1.46. The topological polar surface area (TPSA) is 72.4 Å². The third-order valence-electron chi connectivity index (χ3n) is 3.55. The van der Waals surface area contributed by atoms with E-state index in [0.29, 0.717) is 5.92 Å². The van der Waals surface area contributed by atoms with Gasteiger partial charge in [-0.1, -0.05) is 72.6 Å². The molecule has 0 heterocycles. The van der Waals surface area contributed by atoms with Gasteiger partial charge in [-0.3, -0.25) is 0 Å². The molecule has 0 amide bonds. The third kappa shape index (κ3) is 23.7. The molecule has 0 aliphatic rings. The molecule has 0 bridgehead atoms. The molecule has 1 radical (unpaired) electrons. The van der Waals surface area contributed by atoms with Gasteiger partial charge < -0.3 is 25.8 Å². The standard InChI is InChI=1S/C8H19O4P.C8H17.Nd/c1-3-5-6-8(4-2)7-12-13(9,10)11;1-4-6-7-8(3)5-2;/h8H,3-7H2,1-2H3,(H2,9,10,11);8H,3-7H2,1-2H3;/q;-1;+3/p-2. The molecule has 0 aromatic heterocycles. The number of hydrogen-bond acceptors (Lipinski definition) is 4. The Morgan fingerprint density at radius 1 is 1.00 bits per heavy atom. The van der Waals surface area contributed by atoms with E-state index in [4.69, 9.17) is 0 Å². The van der Waals surface area contributed by atoms with Crippen LogP contribution in [0.2, 0.25) is 0 Å². The van der Waals surface area contributed by atoms with Gasteiger partial charge in [-0.25, -0.2) is 0 Å². The summed E-state index contributed by atoms with van der Waals surface area (Å²) in [4.78, 5) is 20.4. The fourth-order valence-corrected chi connectivity index (χ4v) is 2.19. The average Bonchev–Trinajstić information content (AvgIpc) is 2.44. The Bertz CT molecular complexity index is 259. The average molecular weight is 466 g/mol. The van der Waals surface area contributed by atoms with Gasteiger partial charge in [0.05, 0.1) is 14.4 Å². The summed E-state index contributed by atoms with van der Waals surface area (Å²) in [6.45, 7) is 12.5.